The van der Waals surface area contributed by atoms with Crippen molar-refractivity contribution in [2.24, 2.45) is 0 Å². The highest BCUT2D eigenvalue weighted by molar-refractivity contribution is 5.97. The number of rotatable bonds is 5. The van der Waals surface area contributed by atoms with E-state index in [1.165, 1.54) is 12.0 Å². The van der Waals surface area contributed by atoms with Gasteiger partial charge in [0, 0.05) is 49.1 Å². The highest BCUT2D eigenvalue weighted by atomic mass is 16.5. The Morgan fingerprint density at radius 3 is 2.77 bits per heavy atom. The van der Waals surface area contributed by atoms with Crippen LogP contribution in [0.5, 0.6) is 0 Å². The van der Waals surface area contributed by atoms with Crippen LogP contribution in [-0.4, -0.2) is 56.4 Å². The summed E-state index contributed by atoms with van der Waals surface area (Å²) in [7, 11) is 1.74. The van der Waals surface area contributed by atoms with E-state index in [0.29, 0.717) is 5.56 Å². The quantitative estimate of drug-likeness (QED) is 0.419. The van der Waals surface area contributed by atoms with E-state index in [9.17, 15) is 4.79 Å². The summed E-state index contributed by atoms with van der Waals surface area (Å²) >= 11 is 0. The lowest BCUT2D eigenvalue weighted by molar-refractivity contribution is 0.0724. The van der Waals surface area contributed by atoms with Gasteiger partial charge in [0.2, 0.25) is 0 Å². The largest absolute Gasteiger partial charge is 0.377 e. The van der Waals surface area contributed by atoms with Crippen LogP contribution in [-0.2, 0) is 11.3 Å². The van der Waals surface area contributed by atoms with Crippen LogP contribution in [0.4, 0.5) is 0 Å². The Morgan fingerprint density at radius 1 is 1.09 bits per heavy atom. The molecule has 1 unspecified atom stereocenters. The number of likely N-dealkylation sites (tertiary alicyclic amines) is 1. The van der Waals surface area contributed by atoms with Crippen LogP contribution in [0, 0.1) is 0 Å². The van der Waals surface area contributed by atoms with Crippen LogP contribution >= 0.6 is 0 Å². The number of piperidine rings is 1. The summed E-state index contributed by atoms with van der Waals surface area (Å²) in [5.74, 6) is 0.0846. The second-order valence-electron chi connectivity index (χ2n) is 9.37. The Morgan fingerprint density at radius 2 is 1.97 bits per heavy atom. The number of hydrogen-bond acceptors (Lipinski definition) is 4. The second-order valence-corrected chi connectivity index (χ2v) is 9.37. The summed E-state index contributed by atoms with van der Waals surface area (Å²) in [5, 5.41) is 6.68. The number of pyridine rings is 1. The van der Waals surface area contributed by atoms with Gasteiger partial charge in [-0.3, -0.25) is 9.48 Å². The molecule has 0 radical (unpaired) electrons. The predicted octanol–water partition coefficient (Wildman–Crippen LogP) is 4.90. The molecular formula is C28H29N5O2. The maximum absolute atomic E-state index is 12.9. The minimum absolute atomic E-state index is 0.0846. The van der Waals surface area contributed by atoms with Gasteiger partial charge in [-0.2, -0.15) is 5.10 Å². The fourth-order valence-corrected chi connectivity index (χ4v) is 5.09. The van der Waals surface area contributed by atoms with Crippen LogP contribution in [0.2, 0.25) is 0 Å². The summed E-state index contributed by atoms with van der Waals surface area (Å²) in [6.07, 6.45) is 16.5. The Bertz CT molecular complexity index is 1450. The zero-order valence-corrected chi connectivity index (χ0v) is 19.9. The lowest BCUT2D eigenvalue weighted by atomic mass is 10.1. The van der Waals surface area contributed by atoms with E-state index in [1.54, 1.807) is 13.3 Å². The molecule has 4 aromatic rings. The molecule has 1 aliphatic carbocycles. The first kappa shape index (κ1) is 21.8. The molecule has 2 aliphatic rings. The molecule has 1 aliphatic heterocycles. The van der Waals surface area contributed by atoms with Gasteiger partial charge in [-0.05, 0) is 61.6 Å². The van der Waals surface area contributed by atoms with Crippen LogP contribution in [0.15, 0.2) is 72.7 Å². The maximum Gasteiger partial charge on any atom is 0.255 e. The van der Waals surface area contributed by atoms with E-state index < -0.39 is 0 Å². The Balaban J connectivity index is 1.25. The van der Waals surface area contributed by atoms with Gasteiger partial charge in [-0.15, -0.1) is 0 Å². The standard InChI is InChI=1S/C28H29N5O2/c1-35-25-8-5-20(6-9-25)19-33-26-10-7-24(16-22(26)18-30-33)32-14-11-21-15-23(17-29-27(21)32)28(34)31-12-3-2-4-13-31/h5-8,10-11,14-18,25H,2-4,9,12-13,19H2,1H3. The zero-order valence-electron chi connectivity index (χ0n) is 19.9. The van der Waals surface area contributed by atoms with Crippen molar-refractivity contribution in [2.75, 3.05) is 20.2 Å². The molecule has 1 atom stereocenters. The van der Waals surface area contributed by atoms with Crippen LogP contribution in [0.1, 0.15) is 36.0 Å². The smallest absolute Gasteiger partial charge is 0.255 e. The third kappa shape index (κ3) is 4.17. The fourth-order valence-electron chi connectivity index (χ4n) is 5.09. The first-order valence-corrected chi connectivity index (χ1v) is 12.3. The Kier molecular flexibility index (Phi) is 5.70. The summed E-state index contributed by atoms with van der Waals surface area (Å²) in [4.78, 5) is 19.5. The molecule has 1 aromatic carbocycles. The van der Waals surface area contributed by atoms with Gasteiger partial charge in [0.25, 0.3) is 5.91 Å². The zero-order chi connectivity index (χ0) is 23.8. The monoisotopic (exact) mass is 467 g/mol. The molecule has 0 spiro atoms. The molecule has 0 bridgehead atoms. The van der Waals surface area contributed by atoms with Gasteiger partial charge in [0.1, 0.15) is 5.65 Å². The lowest BCUT2D eigenvalue weighted by Gasteiger charge is -2.26. The number of benzene rings is 1. The number of methoxy groups -OCH3 is 1. The molecular weight excluding hydrogens is 438 g/mol. The normalized spacial score (nSPS) is 18.4. The summed E-state index contributed by atoms with van der Waals surface area (Å²) in [5.41, 5.74) is 4.86. The van der Waals surface area contributed by atoms with E-state index in [-0.39, 0.29) is 12.0 Å². The molecule has 1 amide bonds. The van der Waals surface area contributed by atoms with E-state index in [1.807, 2.05) is 34.1 Å². The van der Waals surface area contributed by atoms with Crippen molar-refractivity contribution >= 4 is 27.8 Å². The van der Waals surface area contributed by atoms with E-state index >= 15 is 0 Å². The van der Waals surface area contributed by atoms with E-state index in [0.717, 1.165) is 66.5 Å². The van der Waals surface area contributed by atoms with Gasteiger partial charge in [0.15, 0.2) is 0 Å². The van der Waals surface area contributed by atoms with Gasteiger partial charge in [-0.1, -0.05) is 18.2 Å². The van der Waals surface area contributed by atoms with Crippen molar-refractivity contribution in [3.8, 4) is 5.69 Å². The van der Waals surface area contributed by atoms with Crippen molar-refractivity contribution < 1.29 is 9.53 Å². The Labute approximate surface area is 204 Å². The summed E-state index contributed by atoms with van der Waals surface area (Å²) in [6.45, 7) is 2.41. The van der Waals surface area contributed by atoms with Gasteiger partial charge in [0.05, 0.1) is 29.9 Å². The SMILES string of the molecule is COC1C=CC(Cn2ncc3cc(-n4ccc5cc(C(=O)N6CCCCC6)cnc54)ccc32)=CC1. The molecule has 7 heteroatoms. The molecule has 1 saturated heterocycles. The topological polar surface area (TPSA) is 65.2 Å². The van der Waals surface area contributed by atoms with Crippen molar-refractivity contribution in [1.29, 1.82) is 0 Å². The summed E-state index contributed by atoms with van der Waals surface area (Å²) < 4.78 is 9.49. The number of carbonyl (C=O) groups is 1. The number of ether oxygens (including phenoxy) is 1. The molecule has 4 heterocycles. The molecule has 0 N–H and O–H groups in total. The third-order valence-corrected chi connectivity index (χ3v) is 7.09. The van der Waals surface area contributed by atoms with Crippen LogP contribution in [0.3, 0.4) is 0 Å². The van der Waals surface area contributed by atoms with Gasteiger partial charge < -0.3 is 14.2 Å². The second kappa shape index (κ2) is 9.15. The van der Waals surface area contributed by atoms with Gasteiger partial charge >= 0.3 is 0 Å². The van der Waals surface area contributed by atoms with Gasteiger partial charge in [-0.25, -0.2) is 4.98 Å². The maximum atomic E-state index is 12.9. The molecule has 6 rings (SSSR count). The van der Waals surface area contributed by atoms with E-state index in [4.69, 9.17) is 4.74 Å². The fraction of sp³-hybridized carbons (Fsp3) is 0.321. The molecule has 3 aromatic heterocycles. The average Bonchev–Trinajstić information content (AvgIpc) is 3.52. The molecule has 35 heavy (non-hydrogen) atoms. The number of hydrogen-bond donors (Lipinski definition) is 0. The average molecular weight is 468 g/mol. The summed E-state index contributed by atoms with van der Waals surface area (Å²) in [6, 6.07) is 10.3. The molecule has 7 nitrogen and oxygen atoms in total. The van der Waals surface area contributed by atoms with Crippen molar-refractivity contribution in [3.63, 3.8) is 0 Å². The molecule has 1 fully saturated rings. The minimum atomic E-state index is 0.0846. The number of aromatic nitrogens is 4. The molecule has 178 valence electrons. The number of nitrogens with zero attached hydrogens (tertiary/aromatic N) is 5. The lowest BCUT2D eigenvalue weighted by Crippen LogP contribution is -2.35. The van der Waals surface area contributed by atoms with Crippen LogP contribution in [0.25, 0.3) is 27.6 Å². The highest BCUT2D eigenvalue weighted by Crippen LogP contribution is 2.25. The van der Waals surface area contributed by atoms with Crippen LogP contribution < -0.4 is 0 Å². The third-order valence-electron chi connectivity index (χ3n) is 7.09. The molecule has 0 saturated carbocycles. The number of allylic oxidation sites excluding steroid dienone is 2. The van der Waals surface area contributed by atoms with Crippen molar-refractivity contribution in [1.82, 2.24) is 24.2 Å². The first-order valence-electron chi connectivity index (χ1n) is 12.3. The Hall–Kier alpha value is -3.71. The number of carbonyl (C=O) groups excluding carboxylic acids is 1. The highest BCUT2D eigenvalue weighted by Gasteiger charge is 2.19. The minimum Gasteiger partial charge on any atom is -0.377 e. The predicted molar refractivity (Wildman–Crippen MR) is 137 cm³/mol. The first-order chi connectivity index (χ1) is 17.2. The van der Waals surface area contributed by atoms with E-state index in [2.05, 4.69) is 51.1 Å². The number of fused-ring (bicyclic) bond motifs is 2. The van der Waals surface area contributed by atoms with Crippen molar-refractivity contribution in [3.05, 3.63) is 78.3 Å². The number of amides is 1. The van der Waals surface area contributed by atoms with Crippen molar-refractivity contribution in [2.45, 2.75) is 38.3 Å².